The lowest BCUT2D eigenvalue weighted by Gasteiger charge is -2.43. The molecule has 17 heteroatoms. The van der Waals surface area contributed by atoms with Crippen molar-refractivity contribution in [1.29, 1.82) is 0 Å². The molecule has 0 aliphatic carbocycles. The third-order valence-electron chi connectivity index (χ3n) is 5.53. The highest BCUT2D eigenvalue weighted by molar-refractivity contribution is 8.00. The van der Waals surface area contributed by atoms with E-state index in [1.54, 1.807) is 12.3 Å². The number of hydrogen-bond donors (Lipinski definition) is 5. The fourth-order valence-corrected chi connectivity index (χ4v) is 6.87. The van der Waals surface area contributed by atoms with Crippen LogP contribution < -0.4 is 27.1 Å². The number of thioether (sulfide) groups is 2. The van der Waals surface area contributed by atoms with Crippen molar-refractivity contribution >= 4 is 75.1 Å². The van der Waals surface area contributed by atoms with E-state index in [9.17, 15) is 19.5 Å². The minimum atomic E-state index is -1.17. The Morgan fingerprint density at radius 2 is 2.21 bits per heavy atom. The number of amides is 2. The number of terminal acetylenes is 1. The lowest BCUT2D eigenvalue weighted by atomic mass is 10.1. The van der Waals surface area contributed by atoms with Crippen molar-refractivity contribution in [2.24, 2.45) is 5.16 Å². The fraction of sp³-hybridized carbons (Fsp3) is 0.318. The molecule has 1 saturated heterocycles. The molecular formula is C22H24N9O5S3+. The van der Waals surface area contributed by atoms with E-state index in [1.165, 1.54) is 39.1 Å². The second-order valence-corrected chi connectivity index (χ2v) is 11.2. The van der Waals surface area contributed by atoms with Crippen molar-refractivity contribution < 1.29 is 28.9 Å². The maximum absolute atomic E-state index is 13.2. The van der Waals surface area contributed by atoms with Gasteiger partial charge in [-0.2, -0.15) is 0 Å². The topological polar surface area (TPSA) is 216 Å². The summed E-state index contributed by atoms with van der Waals surface area (Å²) in [5, 5.41) is 18.3. The molecule has 2 amide bonds. The lowest BCUT2D eigenvalue weighted by molar-refractivity contribution is -0.747. The van der Waals surface area contributed by atoms with Crippen LogP contribution >= 0.6 is 34.9 Å². The number of aromatic nitrogens is 3. The van der Waals surface area contributed by atoms with Crippen LogP contribution in [0.4, 0.5) is 16.8 Å². The molecule has 0 bridgehead atoms. The molecule has 8 N–H and O–H groups in total. The van der Waals surface area contributed by atoms with E-state index in [0.29, 0.717) is 22.9 Å². The third kappa shape index (κ3) is 6.02. The van der Waals surface area contributed by atoms with Crippen LogP contribution in [-0.2, 0) is 19.2 Å². The number of oxime groups is 1. The first-order valence-electron chi connectivity index (χ1n) is 11.3. The number of nitrogens with one attached hydrogen (secondary N) is 1. The number of nitrogens with zero attached hydrogens (tertiary/aromatic N) is 5. The molecule has 2 atom stereocenters. The highest BCUT2D eigenvalue weighted by Gasteiger charge is 2.45. The molecular weight excluding hydrogens is 567 g/mol. The number of β-lactam (4-membered cyclic amide) rings is 1. The highest BCUT2D eigenvalue weighted by atomic mass is 32.2. The Bertz CT molecular complexity index is 1430. The Balaban J connectivity index is 1.58. The number of fused-ring (bicyclic) bond motifs is 1. The Labute approximate surface area is 235 Å². The number of nitrogen functional groups attached to an aromatic ring is 3. The van der Waals surface area contributed by atoms with Crippen LogP contribution in [0.5, 0.6) is 0 Å². The third-order valence-corrected chi connectivity index (χ3v) is 8.52. The number of carboxylic acids is 1. The average molecular weight is 591 g/mol. The van der Waals surface area contributed by atoms with E-state index in [2.05, 4.69) is 26.4 Å². The van der Waals surface area contributed by atoms with E-state index in [-0.39, 0.29) is 57.5 Å². The van der Waals surface area contributed by atoms with Crippen LogP contribution in [0.2, 0.25) is 0 Å². The molecule has 204 valence electrons. The number of rotatable bonds is 10. The van der Waals surface area contributed by atoms with Gasteiger partial charge in [0, 0.05) is 16.9 Å². The van der Waals surface area contributed by atoms with Gasteiger partial charge in [0.1, 0.15) is 11.4 Å². The first kappa shape index (κ1) is 28.0. The Hall–Kier alpha value is -4.01. The maximum atomic E-state index is 13.2. The van der Waals surface area contributed by atoms with Gasteiger partial charge in [0.15, 0.2) is 23.6 Å². The first-order valence-corrected chi connectivity index (χ1v) is 14.2. The first-order chi connectivity index (χ1) is 18.6. The molecule has 2 aromatic rings. The summed E-state index contributed by atoms with van der Waals surface area (Å²) >= 11 is 3.80. The molecule has 1 fully saturated rings. The normalized spacial score (nSPS) is 17.6. The molecule has 2 aliphatic heterocycles. The monoisotopic (exact) mass is 590 g/mol. The van der Waals surface area contributed by atoms with Crippen LogP contribution in [0, 0.1) is 12.3 Å². The van der Waals surface area contributed by atoms with E-state index in [0.717, 1.165) is 11.3 Å². The molecule has 4 heterocycles. The molecule has 2 unspecified atom stereocenters. The molecule has 0 saturated carbocycles. The van der Waals surface area contributed by atoms with Crippen molar-refractivity contribution in [3.63, 3.8) is 0 Å². The summed E-state index contributed by atoms with van der Waals surface area (Å²) in [6.45, 7) is 1.50. The van der Waals surface area contributed by atoms with Crippen LogP contribution in [0.25, 0.3) is 0 Å². The van der Waals surface area contributed by atoms with Gasteiger partial charge >= 0.3 is 11.1 Å². The van der Waals surface area contributed by atoms with Crippen molar-refractivity contribution in [3.05, 3.63) is 28.4 Å². The predicted molar refractivity (Wildman–Crippen MR) is 147 cm³/mol. The minimum Gasteiger partial charge on any atom is -0.477 e. The van der Waals surface area contributed by atoms with Gasteiger partial charge in [-0.05, 0) is 24.3 Å². The summed E-state index contributed by atoms with van der Waals surface area (Å²) in [6, 6.07) is 1.43. The zero-order valence-electron chi connectivity index (χ0n) is 20.5. The summed E-state index contributed by atoms with van der Waals surface area (Å²) in [5.41, 5.74) is 18.5. The largest absolute Gasteiger partial charge is 0.477 e. The van der Waals surface area contributed by atoms with E-state index < -0.39 is 18.0 Å². The molecule has 0 aromatic carbocycles. The Kier molecular flexibility index (Phi) is 8.47. The smallest absolute Gasteiger partial charge is 0.352 e. The zero-order chi connectivity index (χ0) is 28.3. The molecule has 0 radical (unpaired) electrons. The number of carboxylic acid groups (broad SMARTS) is 1. The minimum absolute atomic E-state index is 0.0114. The van der Waals surface area contributed by atoms with Crippen molar-refractivity contribution in [1.82, 2.24) is 20.2 Å². The zero-order valence-corrected chi connectivity index (χ0v) is 22.9. The van der Waals surface area contributed by atoms with Crippen molar-refractivity contribution in [2.45, 2.75) is 30.0 Å². The second-order valence-electron chi connectivity index (χ2n) is 8.18. The number of carbonyl (C=O) groups excluding carboxylic acids is 2. The van der Waals surface area contributed by atoms with Crippen molar-refractivity contribution in [2.75, 3.05) is 35.3 Å². The molecule has 39 heavy (non-hydrogen) atoms. The number of hydrogen-bond acceptors (Lipinski definition) is 13. The predicted octanol–water partition coefficient (Wildman–Crippen LogP) is -0.00300. The summed E-state index contributed by atoms with van der Waals surface area (Å²) < 4.78 is 1.53. The van der Waals surface area contributed by atoms with Gasteiger partial charge < -0.3 is 32.5 Å². The van der Waals surface area contributed by atoms with Crippen LogP contribution in [0.3, 0.4) is 0 Å². The van der Waals surface area contributed by atoms with Gasteiger partial charge in [0.05, 0.1) is 17.9 Å². The number of thiazole rings is 1. The van der Waals surface area contributed by atoms with Crippen molar-refractivity contribution in [3.8, 4) is 12.3 Å². The summed E-state index contributed by atoms with van der Waals surface area (Å²) in [6.07, 6.45) is 4.75. The van der Waals surface area contributed by atoms with Gasteiger partial charge in [-0.1, -0.05) is 16.1 Å². The van der Waals surface area contributed by atoms with E-state index >= 15 is 0 Å². The maximum Gasteiger partial charge on any atom is 0.352 e. The molecule has 2 aromatic heterocycles. The number of aliphatic carboxylic acids is 1. The van der Waals surface area contributed by atoms with Crippen LogP contribution in [-0.4, -0.2) is 67.0 Å². The molecule has 0 spiro atoms. The fourth-order valence-electron chi connectivity index (χ4n) is 3.82. The highest BCUT2D eigenvalue weighted by Crippen LogP contribution is 2.41. The molecule has 4 rings (SSSR count). The molecule has 2 aliphatic rings. The average Bonchev–Trinajstić information content (AvgIpc) is 3.29. The van der Waals surface area contributed by atoms with E-state index in [4.69, 9.17) is 28.5 Å². The Morgan fingerprint density at radius 1 is 1.44 bits per heavy atom. The molecule has 14 nitrogen and oxygen atoms in total. The quantitative estimate of drug-likeness (QED) is 0.0361. The van der Waals surface area contributed by atoms with Crippen LogP contribution in [0.1, 0.15) is 25.2 Å². The second kappa shape index (κ2) is 11.8. The van der Waals surface area contributed by atoms with Gasteiger partial charge in [0.25, 0.3) is 5.91 Å². The van der Waals surface area contributed by atoms with Gasteiger partial charge in [0.2, 0.25) is 17.5 Å². The SMILES string of the molecule is C#CCO/N=C(\C(=O)NC(C)[n+]1c(N)cc(N)nc1SCC1=C(C(=O)O)N2C(=O)CC2SC1)c1csc(N)n1. The summed E-state index contributed by atoms with van der Waals surface area (Å²) in [5.74, 6) is 1.19. The number of carbonyl (C=O) groups is 3. The number of anilines is 3. The van der Waals surface area contributed by atoms with Gasteiger partial charge in [-0.25, -0.2) is 14.3 Å². The van der Waals surface area contributed by atoms with Gasteiger partial charge in [-0.15, -0.1) is 29.5 Å². The van der Waals surface area contributed by atoms with Crippen LogP contribution in [0.15, 0.2) is 33.0 Å². The number of nitrogens with two attached hydrogens (primary N) is 3. The summed E-state index contributed by atoms with van der Waals surface area (Å²) in [7, 11) is 0. The van der Waals surface area contributed by atoms with E-state index in [1.807, 2.05) is 0 Å². The van der Waals surface area contributed by atoms with Gasteiger partial charge in [-0.3, -0.25) is 14.5 Å². The Morgan fingerprint density at radius 3 is 2.85 bits per heavy atom. The standard InChI is InChI=1S/C22H23N9O5S3/c1-3-4-36-29-17(12-9-38-21(25)27-12)19(33)26-10(2)30-14(24)5-13(23)28-22(30)39-8-11-7-37-16-6-15(32)31(16)18(11)20(34)35/h1,5,9-10,16H,4,6-8H2,2H3,(H7,23,24,25,26,27,33,34,35)/p+1/b29-17-. The summed E-state index contributed by atoms with van der Waals surface area (Å²) in [4.78, 5) is 52.0. The lowest BCUT2D eigenvalue weighted by Crippen LogP contribution is -2.54.